The van der Waals surface area contributed by atoms with Crippen LogP contribution in [0, 0.1) is 6.92 Å². The van der Waals surface area contributed by atoms with Crippen LogP contribution in [0.5, 0.6) is 0 Å². The molecule has 7 aromatic rings. The molecule has 1 heterocycles. The molecule has 206 valence electrons. The first-order valence-electron chi connectivity index (χ1n) is 15.5. The normalized spacial score (nSPS) is 15.2. The standard InChI is InChI=1S/C42H33N/c1-26-19-21-27(22-20-26)28-11-10-12-29(25-28)43-37-18-9-8-15-32(37)35-23-24-36-38-33-16-6-4-13-30(33)31-14-5-7-17-34(31)39(38)42(2,3)40(36)41(35)43/h4-22,25H,23-24H2,1-3H3. The summed E-state index contributed by atoms with van der Waals surface area (Å²) < 4.78 is 2.58. The molecule has 9 rings (SSSR count). The average Bonchev–Trinajstić information content (AvgIpc) is 3.50. The summed E-state index contributed by atoms with van der Waals surface area (Å²) in [5, 5.41) is 6.88. The highest BCUT2D eigenvalue weighted by molar-refractivity contribution is 6.21. The smallest absolute Gasteiger partial charge is 0.0544 e. The topological polar surface area (TPSA) is 4.93 Å². The molecule has 0 N–H and O–H groups in total. The SMILES string of the molecule is Cc1ccc(-c2cccc(-n3c4c(c5ccccc53)CCC3=C4C(C)(C)c4c3c3ccccc3c3ccccc43)c2)cc1. The summed E-state index contributed by atoms with van der Waals surface area (Å²) in [5.41, 5.74) is 15.1. The molecule has 0 saturated carbocycles. The van der Waals surface area contributed by atoms with Gasteiger partial charge >= 0.3 is 0 Å². The van der Waals surface area contributed by atoms with Crippen molar-refractivity contribution in [3.8, 4) is 16.8 Å². The predicted molar refractivity (Wildman–Crippen MR) is 183 cm³/mol. The fourth-order valence-corrected chi connectivity index (χ4v) is 8.33. The highest BCUT2D eigenvalue weighted by Crippen LogP contribution is 2.60. The highest BCUT2D eigenvalue weighted by atomic mass is 15.0. The third-order valence-corrected chi connectivity index (χ3v) is 10.1. The molecule has 1 heteroatoms. The van der Waals surface area contributed by atoms with E-state index in [2.05, 4.69) is 147 Å². The molecular weight excluding hydrogens is 518 g/mol. The van der Waals surface area contributed by atoms with E-state index < -0.39 is 0 Å². The maximum atomic E-state index is 2.58. The van der Waals surface area contributed by atoms with E-state index in [0.717, 1.165) is 12.8 Å². The molecule has 0 fully saturated rings. The average molecular weight is 552 g/mol. The van der Waals surface area contributed by atoms with Crippen molar-refractivity contribution in [2.75, 3.05) is 0 Å². The molecule has 0 atom stereocenters. The molecule has 0 spiro atoms. The fraction of sp³-hybridized carbons (Fsp3) is 0.143. The first-order valence-corrected chi connectivity index (χ1v) is 15.5. The predicted octanol–water partition coefficient (Wildman–Crippen LogP) is 11.1. The van der Waals surface area contributed by atoms with Crippen molar-refractivity contribution in [2.45, 2.75) is 39.0 Å². The summed E-state index contributed by atoms with van der Waals surface area (Å²) in [5.74, 6) is 0. The third-order valence-electron chi connectivity index (χ3n) is 10.1. The van der Waals surface area contributed by atoms with Crippen molar-refractivity contribution in [1.29, 1.82) is 0 Å². The summed E-state index contributed by atoms with van der Waals surface area (Å²) in [4.78, 5) is 0. The molecule has 6 aromatic carbocycles. The zero-order valence-corrected chi connectivity index (χ0v) is 24.9. The third kappa shape index (κ3) is 3.34. The Hall–Kier alpha value is -4.88. The number of aryl methyl sites for hydroxylation is 2. The van der Waals surface area contributed by atoms with Gasteiger partial charge in [-0.15, -0.1) is 0 Å². The van der Waals surface area contributed by atoms with Crippen molar-refractivity contribution in [2.24, 2.45) is 0 Å². The maximum Gasteiger partial charge on any atom is 0.0544 e. The fourth-order valence-electron chi connectivity index (χ4n) is 8.33. The molecular formula is C42H33N. The van der Waals surface area contributed by atoms with E-state index in [0.29, 0.717) is 0 Å². The molecule has 1 aromatic heterocycles. The van der Waals surface area contributed by atoms with Crippen LogP contribution in [0.15, 0.2) is 121 Å². The van der Waals surface area contributed by atoms with Crippen LogP contribution in [0.2, 0.25) is 0 Å². The van der Waals surface area contributed by atoms with E-state index in [1.807, 2.05) is 0 Å². The van der Waals surface area contributed by atoms with Crippen LogP contribution >= 0.6 is 0 Å². The van der Waals surface area contributed by atoms with E-state index in [1.54, 1.807) is 0 Å². The van der Waals surface area contributed by atoms with Crippen molar-refractivity contribution < 1.29 is 0 Å². The van der Waals surface area contributed by atoms with Gasteiger partial charge in [-0.1, -0.05) is 123 Å². The van der Waals surface area contributed by atoms with Gasteiger partial charge < -0.3 is 4.57 Å². The lowest BCUT2D eigenvalue weighted by molar-refractivity contribution is 0.701. The van der Waals surface area contributed by atoms with Crippen LogP contribution in [0.25, 0.3) is 60.4 Å². The van der Waals surface area contributed by atoms with E-state index in [4.69, 9.17) is 0 Å². The van der Waals surface area contributed by atoms with E-state index in [1.165, 1.54) is 88.4 Å². The summed E-state index contributed by atoms with van der Waals surface area (Å²) >= 11 is 0. The Balaban J connectivity index is 1.37. The Kier molecular flexibility index (Phi) is 5.06. The minimum atomic E-state index is -0.149. The number of hydrogen-bond donors (Lipinski definition) is 0. The Labute approximate surface area is 252 Å². The molecule has 1 nitrogen and oxygen atoms in total. The van der Waals surface area contributed by atoms with Crippen molar-refractivity contribution in [3.05, 3.63) is 149 Å². The van der Waals surface area contributed by atoms with Crippen LogP contribution in [0.1, 0.15) is 48.2 Å². The summed E-state index contributed by atoms with van der Waals surface area (Å²) in [6.45, 7) is 7.09. The monoisotopic (exact) mass is 551 g/mol. The minimum Gasteiger partial charge on any atom is -0.309 e. The van der Waals surface area contributed by atoms with Crippen LogP contribution < -0.4 is 0 Å². The second-order valence-corrected chi connectivity index (χ2v) is 12.9. The van der Waals surface area contributed by atoms with Gasteiger partial charge in [-0.3, -0.25) is 0 Å². The van der Waals surface area contributed by atoms with Gasteiger partial charge in [-0.25, -0.2) is 0 Å². The van der Waals surface area contributed by atoms with E-state index >= 15 is 0 Å². The summed E-state index contributed by atoms with van der Waals surface area (Å²) in [6.07, 6.45) is 2.12. The molecule has 0 unspecified atom stereocenters. The number of rotatable bonds is 2. The lowest BCUT2D eigenvalue weighted by Gasteiger charge is -2.30. The molecule has 0 saturated heterocycles. The van der Waals surface area contributed by atoms with Crippen molar-refractivity contribution in [3.63, 3.8) is 0 Å². The first kappa shape index (κ1) is 24.7. The molecule has 0 bridgehead atoms. The Bertz CT molecular complexity index is 2310. The van der Waals surface area contributed by atoms with Gasteiger partial charge in [0.1, 0.15) is 0 Å². The minimum absolute atomic E-state index is 0.149. The number of fused-ring (bicyclic) bond motifs is 11. The number of benzene rings is 6. The highest BCUT2D eigenvalue weighted by Gasteiger charge is 2.45. The lowest BCUT2D eigenvalue weighted by Crippen LogP contribution is -2.20. The van der Waals surface area contributed by atoms with Gasteiger partial charge in [-0.05, 0) is 98.5 Å². The molecule has 2 aliphatic rings. The zero-order chi connectivity index (χ0) is 28.9. The van der Waals surface area contributed by atoms with Gasteiger partial charge in [0.2, 0.25) is 0 Å². The number of nitrogens with zero attached hydrogens (tertiary/aromatic N) is 1. The number of aromatic nitrogens is 1. The van der Waals surface area contributed by atoms with Crippen LogP contribution in [0.3, 0.4) is 0 Å². The second-order valence-electron chi connectivity index (χ2n) is 12.9. The van der Waals surface area contributed by atoms with E-state index in [-0.39, 0.29) is 5.41 Å². The number of allylic oxidation sites excluding steroid dienone is 2. The van der Waals surface area contributed by atoms with Gasteiger partial charge in [0.05, 0.1) is 11.2 Å². The van der Waals surface area contributed by atoms with Crippen LogP contribution in [0.4, 0.5) is 0 Å². The second kappa shape index (κ2) is 8.82. The summed E-state index contributed by atoms with van der Waals surface area (Å²) in [6, 6.07) is 45.2. The van der Waals surface area contributed by atoms with Crippen LogP contribution in [-0.4, -0.2) is 4.57 Å². The largest absolute Gasteiger partial charge is 0.309 e. The van der Waals surface area contributed by atoms with Gasteiger partial charge in [0.15, 0.2) is 0 Å². The molecule has 0 aliphatic heterocycles. The van der Waals surface area contributed by atoms with Crippen LogP contribution in [-0.2, 0) is 11.8 Å². The van der Waals surface area contributed by atoms with Gasteiger partial charge in [0.25, 0.3) is 0 Å². The van der Waals surface area contributed by atoms with Gasteiger partial charge in [-0.2, -0.15) is 0 Å². The number of para-hydroxylation sites is 1. The van der Waals surface area contributed by atoms with E-state index in [9.17, 15) is 0 Å². The zero-order valence-electron chi connectivity index (χ0n) is 24.9. The Morgan fingerprint density at radius 3 is 2.00 bits per heavy atom. The van der Waals surface area contributed by atoms with Crippen molar-refractivity contribution >= 4 is 43.6 Å². The summed E-state index contributed by atoms with van der Waals surface area (Å²) in [7, 11) is 0. The molecule has 43 heavy (non-hydrogen) atoms. The van der Waals surface area contributed by atoms with Gasteiger partial charge in [0, 0.05) is 16.5 Å². The molecule has 0 amide bonds. The molecule has 2 aliphatic carbocycles. The maximum absolute atomic E-state index is 2.58. The number of hydrogen-bond acceptors (Lipinski definition) is 0. The van der Waals surface area contributed by atoms with Crippen molar-refractivity contribution in [1.82, 2.24) is 4.57 Å². The Morgan fingerprint density at radius 1 is 0.581 bits per heavy atom. The lowest BCUT2D eigenvalue weighted by atomic mass is 9.75. The Morgan fingerprint density at radius 2 is 1.23 bits per heavy atom. The quantitative estimate of drug-likeness (QED) is 0.188. The first-order chi connectivity index (χ1) is 21.0. The molecule has 0 radical (unpaired) electrons.